The molecule has 0 amide bonds. The summed E-state index contributed by atoms with van der Waals surface area (Å²) in [5.41, 5.74) is 3.29. The van der Waals surface area contributed by atoms with Gasteiger partial charge in [0, 0.05) is 20.9 Å². The Bertz CT molecular complexity index is 854. The SMILES string of the molecule is COc1ccc(Br)cc1-c1[nH]c2ccccc2c1CC(=O)O. The normalized spacial score (nSPS) is 10.8. The molecule has 0 saturated carbocycles. The Kier molecular flexibility index (Phi) is 3.90. The first-order valence-corrected chi connectivity index (χ1v) is 7.54. The molecular formula is C17H14BrNO3. The maximum atomic E-state index is 11.3. The van der Waals surface area contributed by atoms with E-state index < -0.39 is 5.97 Å². The van der Waals surface area contributed by atoms with Crippen LogP contribution in [0.5, 0.6) is 5.75 Å². The van der Waals surface area contributed by atoms with E-state index in [-0.39, 0.29) is 6.42 Å². The molecule has 0 atom stereocenters. The van der Waals surface area contributed by atoms with Crippen molar-refractivity contribution in [2.75, 3.05) is 7.11 Å². The van der Waals surface area contributed by atoms with Crippen LogP contribution in [0.1, 0.15) is 5.56 Å². The number of carbonyl (C=O) groups is 1. The molecule has 22 heavy (non-hydrogen) atoms. The highest BCUT2D eigenvalue weighted by Crippen LogP contribution is 2.37. The van der Waals surface area contributed by atoms with Gasteiger partial charge in [0.2, 0.25) is 0 Å². The predicted octanol–water partition coefficient (Wildman–Crippen LogP) is 4.23. The lowest BCUT2D eigenvalue weighted by molar-refractivity contribution is -0.136. The van der Waals surface area contributed by atoms with Gasteiger partial charge in [0.1, 0.15) is 5.75 Å². The first kappa shape index (κ1) is 14.7. The number of fused-ring (bicyclic) bond motifs is 1. The minimum absolute atomic E-state index is 0.0466. The lowest BCUT2D eigenvalue weighted by Gasteiger charge is -2.09. The summed E-state index contributed by atoms with van der Waals surface area (Å²) in [6.07, 6.45) is -0.0466. The Labute approximate surface area is 135 Å². The number of aromatic nitrogens is 1. The van der Waals surface area contributed by atoms with Crippen molar-refractivity contribution in [3.05, 3.63) is 52.5 Å². The molecule has 5 heteroatoms. The number of rotatable bonds is 4. The maximum Gasteiger partial charge on any atom is 0.307 e. The van der Waals surface area contributed by atoms with E-state index in [1.807, 2.05) is 42.5 Å². The Hall–Kier alpha value is -2.27. The predicted molar refractivity (Wildman–Crippen MR) is 89.3 cm³/mol. The zero-order valence-corrected chi connectivity index (χ0v) is 13.5. The number of H-pyrrole nitrogens is 1. The van der Waals surface area contributed by atoms with Crippen LogP contribution in [0.3, 0.4) is 0 Å². The van der Waals surface area contributed by atoms with Gasteiger partial charge in [-0.1, -0.05) is 34.1 Å². The Morgan fingerprint density at radius 3 is 2.77 bits per heavy atom. The molecule has 3 aromatic rings. The van der Waals surface area contributed by atoms with Crippen LogP contribution in [-0.4, -0.2) is 23.2 Å². The van der Waals surface area contributed by atoms with Gasteiger partial charge in [0.25, 0.3) is 0 Å². The van der Waals surface area contributed by atoms with Crippen LogP contribution in [0.2, 0.25) is 0 Å². The number of aromatic amines is 1. The van der Waals surface area contributed by atoms with Gasteiger partial charge in [-0.3, -0.25) is 4.79 Å². The smallest absolute Gasteiger partial charge is 0.307 e. The van der Waals surface area contributed by atoms with Crippen LogP contribution in [0.15, 0.2) is 46.9 Å². The molecule has 1 heterocycles. The fraction of sp³-hybridized carbons (Fsp3) is 0.118. The van der Waals surface area contributed by atoms with E-state index in [1.165, 1.54) is 0 Å². The molecule has 2 N–H and O–H groups in total. The van der Waals surface area contributed by atoms with E-state index >= 15 is 0 Å². The molecule has 0 saturated heterocycles. The number of nitrogens with one attached hydrogen (secondary N) is 1. The van der Waals surface area contributed by atoms with Gasteiger partial charge in [0.05, 0.1) is 19.2 Å². The van der Waals surface area contributed by atoms with Gasteiger partial charge >= 0.3 is 5.97 Å². The van der Waals surface area contributed by atoms with Crippen molar-refractivity contribution in [1.82, 2.24) is 4.98 Å². The lowest BCUT2D eigenvalue weighted by atomic mass is 10.0. The molecule has 0 unspecified atom stereocenters. The van der Waals surface area contributed by atoms with Crippen LogP contribution in [-0.2, 0) is 11.2 Å². The highest BCUT2D eigenvalue weighted by atomic mass is 79.9. The second-order valence-corrected chi connectivity index (χ2v) is 5.85. The summed E-state index contributed by atoms with van der Waals surface area (Å²) in [6.45, 7) is 0. The van der Waals surface area contributed by atoms with Gasteiger partial charge < -0.3 is 14.8 Å². The zero-order chi connectivity index (χ0) is 15.7. The Balaban J connectivity index is 2.30. The van der Waals surface area contributed by atoms with Crippen LogP contribution in [0, 0.1) is 0 Å². The van der Waals surface area contributed by atoms with Crippen LogP contribution < -0.4 is 4.74 Å². The Morgan fingerprint density at radius 2 is 2.05 bits per heavy atom. The van der Waals surface area contributed by atoms with Gasteiger partial charge in [0.15, 0.2) is 0 Å². The molecule has 0 aliphatic carbocycles. The van der Waals surface area contributed by atoms with Crippen molar-refractivity contribution in [3.63, 3.8) is 0 Å². The number of para-hydroxylation sites is 1. The van der Waals surface area contributed by atoms with Crippen molar-refractivity contribution >= 4 is 32.8 Å². The number of halogens is 1. The summed E-state index contributed by atoms with van der Waals surface area (Å²) < 4.78 is 6.33. The van der Waals surface area contributed by atoms with Crippen LogP contribution >= 0.6 is 15.9 Å². The average Bonchev–Trinajstić information content (AvgIpc) is 2.85. The van der Waals surface area contributed by atoms with Crippen molar-refractivity contribution in [3.8, 4) is 17.0 Å². The summed E-state index contributed by atoms with van der Waals surface area (Å²) in [7, 11) is 1.60. The monoisotopic (exact) mass is 359 g/mol. The molecule has 2 aromatic carbocycles. The van der Waals surface area contributed by atoms with E-state index in [9.17, 15) is 9.90 Å². The molecule has 0 bridgehead atoms. The van der Waals surface area contributed by atoms with Gasteiger partial charge in [-0.2, -0.15) is 0 Å². The quantitative estimate of drug-likeness (QED) is 0.732. The summed E-state index contributed by atoms with van der Waals surface area (Å²) in [4.78, 5) is 14.6. The third-order valence-electron chi connectivity index (χ3n) is 3.57. The first-order chi connectivity index (χ1) is 10.6. The maximum absolute atomic E-state index is 11.3. The fourth-order valence-electron chi connectivity index (χ4n) is 2.64. The third kappa shape index (κ3) is 2.60. The number of aliphatic carboxylic acids is 1. The molecule has 0 radical (unpaired) electrons. The van der Waals surface area contributed by atoms with Crippen molar-refractivity contribution in [1.29, 1.82) is 0 Å². The minimum atomic E-state index is -0.861. The summed E-state index contributed by atoms with van der Waals surface area (Å²) >= 11 is 3.46. The number of ether oxygens (including phenoxy) is 1. The van der Waals surface area contributed by atoms with Crippen molar-refractivity contribution < 1.29 is 14.6 Å². The summed E-state index contributed by atoms with van der Waals surface area (Å²) in [5, 5.41) is 10.2. The number of hydrogen-bond donors (Lipinski definition) is 2. The molecule has 112 valence electrons. The standard InChI is InChI=1S/C17H14BrNO3/c1-22-15-7-6-10(18)8-13(15)17-12(9-16(20)21)11-4-2-3-5-14(11)19-17/h2-8,19H,9H2,1H3,(H,20,21). The second kappa shape index (κ2) is 5.85. The van der Waals surface area contributed by atoms with Gasteiger partial charge in [-0.05, 0) is 29.8 Å². The number of carboxylic acid groups (broad SMARTS) is 1. The molecule has 4 nitrogen and oxygen atoms in total. The van der Waals surface area contributed by atoms with Gasteiger partial charge in [-0.25, -0.2) is 0 Å². The number of carboxylic acids is 1. The highest BCUT2D eigenvalue weighted by molar-refractivity contribution is 9.10. The number of methoxy groups -OCH3 is 1. The number of benzene rings is 2. The molecule has 3 rings (SSSR count). The van der Waals surface area contributed by atoms with Crippen LogP contribution in [0.25, 0.3) is 22.2 Å². The van der Waals surface area contributed by atoms with E-state index in [0.717, 1.165) is 32.2 Å². The molecule has 0 aliphatic rings. The highest BCUT2D eigenvalue weighted by Gasteiger charge is 2.18. The van der Waals surface area contributed by atoms with E-state index in [4.69, 9.17) is 4.74 Å². The second-order valence-electron chi connectivity index (χ2n) is 4.94. The minimum Gasteiger partial charge on any atom is -0.496 e. The third-order valence-corrected chi connectivity index (χ3v) is 4.07. The summed E-state index contributed by atoms with van der Waals surface area (Å²) in [5.74, 6) is -0.165. The first-order valence-electron chi connectivity index (χ1n) is 6.75. The molecular weight excluding hydrogens is 346 g/mol. The number of hydrogen-bond acceptors (Lipinski definition) is 2. The van der Waals surface area contributed by atoms with E-state index in [1.54, 1.807) is 7.11 Å². The Morgan fingerprint density at radius 1 is 1.27 bits per heavy atom. The van der Waals surface area contributed by atoms with Gasteiger partial charge in [-0.15, -0.1) is 0 Å². The lowest BCUT2D eigenvalue weighted by Crippen LogP contribution is -2.01. The molecule has 0 aliphatic heterocycles. The largest absolute Gasteiger partial charge is 0.496 e. The van der Waals surface area contributed by atoms with E-state index in [0.29, 0.717) is 5.75 Å². The van der Waals surface area contributed by atoms with Crippen molar-refractivity contribution in [2.45, 2.75) is 6.42 Å². The zero-order valence-electron chi connectivity index (χ0n) is 11.9. The molecule has 0 fully saturated rings. The molecule has 1 aromatic heterocycles. The topological polar surface area (TPSA) is 62.3 Å². The average molecular weight is 360 g/mol. The van der Waals surface area contributed by atoms with Crippen LogP contribution in [0.4, 0.5) is 0 Å². The van der Waals surface area contributed by atoms with E-state index in [2.05, 4.69) is 20.9 Å². The molecule has 0 spiro atoms. The fourth-order valence-corrected chi connectivity index (χ4v) is 3.00. The van der Waals surface area contributed by atoms with Crippen molar-refractivity contribution in [2.24, 2.45) is 0 Å². The summed E-state index contributed by atoms with van der Waals surface area (Å²) in [6, 6.07) is 13.4.